The molecule has 164 valence electrons. The summed E-state index contributed by atoms with van der Waals surface area (Å²) in [5.74, 6) is -1.72. The maximum atomic E-state index is 13.3. The van der Waals surface area contributed by atoms with Crippen molar-refractivity contribution in [2.45, 2.75) is 25.7 Å². The first-order valence-corrected chi connectivity index (χ1v) is 10.3. The number of carbonyl (C=O) groups excluding carboxylic acids is 3. The van der Waals surface area contributed by atoms with Gasteiger partial charge in [0.1, 0.15) is 5.82 Å². The van der Waals surface area contributed by atoms with E-state index in [0.717, 1.165) is 24.1 Å². The van der Waals surface area contributed by atoms with Crippen LogP contribution in [0.1, 0.15) is 44.9 Å². The minimum Gasteiger partial charge on any atom is -0.370 e. The molecule has 32 heavy (non-hydrogen) atoms. The van der Waals surface area contributed by atoms with E-state index in [4.69, 9.17) is 5.73 Å². The topological polar surface area (TPSA) is 119 Å². The lowest BCUT2D eigenvalue weighted by molar-refractivity contribution is -0.117. The van der Waals surface area contributed by atoms with Gasteiger partial charge in [-0.15, -0.1) is 0 Å². The van der Waals surface area contributed by atoms with Gasteiger partial charge < -0.3 is 16.4 Å². The molecule has 0 saturated heterocycles. The molecule has 3 aromatic rings. The molecule has 0 aliphatic heterocycles. The van der Waals surface area contributed by atoms with Crippen molar-refractivity contribution in [2.24, 2.45) is 5.73 Å². The molecular formula is C23H22FN5O3. The van der Waals surface area contributed by atoms with Gasteiger partial charge >= 0.3 is 0 Å². The number of hydrogen-bond acceptors (Lipinski definition) is 4. The lowest BCUT2D eigenvalue weighted by Gasteiger charge is -2.11. The highest BCUT2D eigenvalue weighted by molar-refractivity contribution is 6.09. The highest BCUT2D eigenvalue weighted by Gasteiger charge is 2.27. The lowest BCUT2D eigenvalue weighted by Crippen LogP contribution is -2.29. The van der Waals surface area contributed by atoms with Crippen LogP contribution in [0.2, 0.25) is 0 Å². The Morgan fingerprint density at radius 1 is 1.03 bits per heavy atom. The predicted molar refractivity (Wildman–Crippen MR) is 116 cm³/mol. The van der Waals surface area contributed by atoms with Crippen LogP contribution in [0.5, 0.6) is 0 Å². The summed E-state index contributed by atoms with van der Waals surface area (Å²) in [6.07, 6.45) is 2.40. The van der Waals surface area contributed by atoms with Crippen LogP contribution < -0.4 is 16.4 Å². The number of hydrogen-bond donors (Lipinski definition) is 3. The molecule has 0 radical (unpaired) electrons. The number of aromatic nitrogens is 2. The Labute approximate surface area is 183 Å². The standard InChI is InChI=1S/C23H22FN5O3/c24-14-8-10-15(11-9-14)29-19-7-3-5-17(19)21(28-29)23(32)27-18-6-2-1-4-16(18)22(31)26-13-12-20(25)30/h1-2,4,6,8-11H,3,5,7,12-13H2,(H2,25,30)(H,26,31)(H,27,32). The summed E-state index contributed by atoms with van der Waals surface area (Å²) in [6, 6.07) is 12.5. The number of nitrogens with one attached hydrogen (secondary N) is 2. The van der Waals surface area contributed by atoms with Gasteiger partial charge in [0, 0.05) is 24.2 Å². The fourth-order valence-electron chi connectivity index (χ4n) is 3.78. The number of nitrogens with zero attached hydrogens (tertiary/aromatic N) is 2. The van der Waals surface area contributed by atoms with Crippen molar-refractivity contribution in [1.29, 1.82) is 0 Å². The van der Waals surface area contributed by atoms with Crippen molar-refractivity contribution in [3.8, 4) is 5.69 Å². The number of carbonyl (C=O) groups is 3. The van der Waals surface area contributed by atoms with Gasteiger partial charge in [-0.25, -0.2) is 9.07 Å². The largest absolute Gasteiger partial charge is 0.370 e. The Kier molecular flexibility index (Phi) is 5.98. The smallest absolute Gasteiger partial charge is 0.276 e. The second-order valence-electron chi connectivity index (χ2n) is 7.49. The van der Waals surface area contributed by atoms with E-state index in [-0.39, 0.29) is 30.0 Å². The van der Waals surface area contributed by atoms with E-state index in [9.17, 15) is 18.8 Å². The zero-order valence-electron chi connectivity index (χ0n) is 17.2. The molecule has 0 saturated carbocycles. The summed E-state index contributed by atoms with van der Waals surface area (Å²) in [5, 5.41) is 9.90. The highest BCUT2D eigenvalue weighted by Crippen LogP contribution is 2.28. The molecule has 1 aliphatic rings. The molecule has 0 spiro atoms. The monoisotopic (exact) mass is 435 g/mol. The summed E-state index contributed by atoms with van der Waals surface area (Å²) in [4.78, 5) is 36.5. The van der Waals surface area contributed by atoms with Crippen LogP contribution in [-0.4, -0.2) is 34.0 Å². The van der Waals surface area contributed by atoms with Gasteiger partial charge in [0.25, 0.3) is 11.8 Å². The minimum atomic E-state index is -0.516. The number of para-hydroxylation sites is 1. The normalized spacial score (nSPS) is 12.3. The van der Waals surface area contributed by atoms with E-state index >= 15 is 0 Å². The molecule has 8 nitrogen and oxygen atoms in total. The number of nitrogens with two attached hydrogens (primary N) is 1. The second-order valence-corrected chi connectivity index (χ2v) is 7.49. The van der Waals surface area contributed by atoms with Crippen molar-refractivity contribution in [2.75, 3.05) is 11.9 Å². The van der Waals surface area contributed by atoms with Gasteiger partial charge in [-0.1, -0.05) is 12.1 Å². The Morgan fingerprint density at radius 2 is 1.78 bits per heavy atom. The first-order chi connectivity index (χ1) is 15.4. The number of anilines is 1. The lowest BCUT2D eigenvalue weighted by atomic mass is 10.1. The molecule has 1 aliphatic carbocycles. The fourth-order valence-corrected chi connectivity index (χ4v) is 3.78. The maximum Gasteiger partial charge on any atom is 0.276 e. The van der Waals surface area contributed by atoms with Crippen LogP contribution in [0.15, 0.2) is 48.5 Å². The molecule has 0 fully saturated rings. The van der Waals surface area contributed by atoms with E-state index in [0.29, 0.717) is 17.8 Å². The molecular weight excluding hydrogens is 413 g/mol. The van der Waals surface area contributed by atoms with Crippen molar-refractivity contribution >= 4 is 23.4 Å². The predicted octanol–water partition coefficient (Wildman–Crippen LogP) is 2.36. The van der Waals surface area contributed by atoms with Gasteiger partial charge in [-0.3, -0.25) is 14.4 Å². The molecule has 9 heteroatoms. The van der Waals surface area contributed by atoms with Gasteiger partial charge in [0.15, 0.2) is 5.69 Å². The number of rotatable bonds is 7. The van der Waals surface area contributed by atoms with Crippen molar-refractivity contribution in [1.82, 2.24) is 15.1 Å². The summed E-state index contributed by atoms with van der Waals surface area (Å²) in [5.41, 5.74) is 8.44. The third kappa shape index (κ3) is 4.36. The first-order valence-electron chi connectivity index (χ1n) is 10.3. The summed E-state index contributed by atoms with van der Waals surface area (Å²) in [6.45, 7) is 0.103. The zero-order valence-corrected chi connectivity index (χ0v) is 17.2. The van der Waals surface area contributed by atoms with E-state index in [1.807, 2.05) is 0 Å². The van der Waals surface area contributed by atoms with Crippen LogP contribution in [0.4, 0.5) is 10.1 Å². The SMILES string of the molecule is NC(=O)CCNC(=O)c1ccccc1NC(=O)c1nn(-c2ccc(F)cc2)c2c1CCC2. The second kappa shape index (κ2) is 9.01. The molecule has 0 atom stereocenters. The minimum absolute atomic E-state index is 0.0211. The average molecular weight is 435 g/mol. The first kappa shape index (κ1) is 21.2. The Bertz CT molecular complexity index is 1190. The molecule has 2 aromatic carbocycles. The maximum absolute atomic E-state index is 13.3. The Balaban J connectivity index is 1.58. The Hall–Kier alpha value is -4.01. The summed E-state index contributed by atoms with van der Waals surface area (Å²) in [7, 11) is 0. The number of primary amides is 1. The van der Waals surface area contributed by atoms with Gasteiger partial charge in [-0.2, -0.15) is 5.10 Å². The van der Waals surface area contributed by atoms with Crippen molar-refractivity contribution in [3.05, 3.63) is 76.9 Å². The van der Waals surface area contributed by atoms with Crippen molar-refractivity contribution in [3.63, 3.8) is 0 Å². The molecule has 4 rings (SSSR count). The van der Waals surface area contributed by atoms with Crippen LogP contribution in [0.3, 0.4) is 0 Å². The van der Waals surface area contributed by atoms with Crippen LogP contribution in [-0.2, 0) is 17.6 Å². The quantitative estimate of drug-likeness (QED) is 0.528. The Morgan fingerprint density at radius 3 is 2.53 bits per heavy atom. The van der Waals surface area contributed by atoms with Crippen LogP contribution in [0, 0.1) is 5.82 Å². The molecule has 1 heterocycles. The van der Waals surface area contributed by atoms with Gasteiger partial charge in [0.05, 0.1) is 16.9 Å². The third-order valence-corrected chi connectivity index (χ3v) is 5.29. The number of fused-ring (bicyclic) bond motifs is 1. The summed E-state index contributed by atoms with van der Waals surface area (Å²) < 4.78 is 15.0. The average Bonchev–Trinajstić information content (AvgIpc) is 3.37. The molecule has 0 unspecified atom stereocenters. The molecule has 4 N–H and O–H groups in total. The number of halogens is 1. The molecule has 1 aromatic heterocycles. The zero-order chi connectivity index (χ0) is 22.7. The van der Waals surface area contributed by atoms with E-state index in [2.05, 4.69) is 15.7 Å². The van der Waals surface area contributed by atoms with Gasteiger partial charge in [-0.05, 0) is 55.7 Å². The van der Waals surface area contributed by atoms with E-state index in [1.54, 1.807) is 41.1 Å². The molecule has 0 bridgehead atoms. The fraction of sp³-hybridized carbons (Fsp3) is 0.217. The number of amides is 3. The van der Waals surface area contributed by atoms with Crippen LogP contribution >= 0.6 is 0 Å². The van der Waals surface area contributed by atoms with Gasteiger partial charge in [0.2, 0.25) is 5.91 Å². The van der Waals surface area contributed by atoms with Crippen molar-refractivity contribution < 1.29 is 18.8 Å². The summed E-state index contributed by atoms with van der Waals surface area (Å²) >= 11 is 0. The van der Waals surface area contributed by atoms with Crippen LogP contribution in [0.25, 0.3) is 5.69 Å². The number of benzene rings is 2. The highest BCUT2D eigenvalue weighted by atomic mass is 19.1. The third-order valence-electron chi connectivity index (χ3n) is 5.29. The van der Waals surface area contributed by atoms with E-state index in [1.165, 1.54) is 12.1 Å². The molecule has 3 amide bonds. The van der Waals surface area contributed by atoms with E-state index < -0.39 is 17.7 Å².